The fourth-order valence-electron chi connectivity index (χ4n) is 2.55. The van der Waals surface area contributed by atoms with Crippen molar-refractivity contribution in [2.45, 2.75) is 19.4 Å². The van der Waals surface area contributed by atoms with Crippen molar-refractivity contribution in [2.24, 2.45) is 5.73 Å². The van der Waals surface area contributed by atoms with Gasteiger partial charge in [-0.1, -0.05) is 12.1 Å². The average molecular weight is 342 g/mol. The molecule has 0 bridgehead atoms. The zero-order chi connectivity index (χ0) is 17.1. The number of nitrogens with two attached hydrogens (primary N) is 1. The molecule has 0 saturated heterocycles. The SMILES string of the molecule is COc1ccc(-c2csc3ncnc(N[C@@H](C)CC(N)=O)c23)cc1. The number of thiophene rings is 1. The van der Waals surface area contributed by atoms with E-state index >= 15 is 0 Å². The Balaban J connectivity index is 2.01. The lowest BCUT2D eigenvalue weighted by molar-refractivity contribution is -0.118. The first-order valence-corrected chi connectivity index (χ1v) is 8.38. The van der Waals surface area contributed by atoms with Crippen molar-refractivity contribution in [3.8, 4) is 16.9 Å². The number of ether oxygens (including phenoxy) is 1. The third-order valence-corrected chi connectivity index (χ3v) is 4.55. The molecule has 3 rings (SSSR count). The molecule has 0 aliphatic rings. The second-order valence-electron chi connectivity index (χ2n) is 5.50. The van der Waals surface area contributed by atoms with E-state index in [0.29, 0.717) is 5.82 Å². The number of hydrogen-bond donors (Lipinski definition) is 2. The molecule has 2 heterocycles. The lowest BCUT2D eigenvalue weighted by atomic mass is 10.1. The second-order valence-corrected chi connectivity index (χ2v) is 6.35. The van der Waals surface area contributed by atoms with Crippen molar-refractivity contribution in [3.05, 3.63) is 36.0 Å². The molecule has 24 heavy (non-hydrogen) atoms. The molecule has 0 unspecified atom stereocenters. The lowest BCUT2D eigenvalue weighted by Gasteiger charge is -2.14. The topological polar surface area (TPSA) is 90.1 Å². The quantitative estimate of drug-likeness (QED) is 0.718. The third kappa shape index (κ3) is 3.30. The molecule has 0 radical (unpaired) electrons. The monoisotopic (exact) mass is 342 g/mol. The fourth-order valence-corrected chi connectivity index (χ4v) is 3.47. The van der Waals surface area contributed by atoms with Gasteiger partial charge in [-0.15, -0.1) is 11.3 Å². The van der Waals surface area contributed by atoms with Crippen LogP contribution in [0.4, 0.5) is 5.82 Å². The van der Waals surface area contributed by atoms with Crippen LogP contribution in [-0.2, 0) is 4.79 Å². The molecule has 1 amide bonds. The van der Waals surface area contributed by atoms with Gasteiger partial charge in [-0.3, -0.25) is 4.79 Å². The van der Waals surface area contributed by atoms with Crippen molar-refractivity contribution < 1.29 is 9.53 Å². The van der Waals surface area contributed by atoms with Crippen LogP contribution < -0.4 is 15.8 Å². The zero-order valence-electron chi connectivity index (χ0n) is 13.4. The molecule has 6 nitrogen and oxygen atoms in total. The fraction of sp³-hybridized carbons (Fsp3) is 0.235. The minimum absolute atomic E-state index is 0.107. The van der Waals surface area contributed by atoms with Gasteiger partial charge in [-0.25, -0.2) is 9.97 Å². The summed E-state index contributed by atoms with van der Waals surface area (Å²) in [5, 5.41) is 6.27. The lowest BCUT2D eigenvalue weighted by Crippen LogP contribution is -2.24. The van der Waals surface area contributed by atoms with Gasteiger partial charge in [0.05, 0.1) is 12.5 Å². The number of anilines is 1. The van der Waals surface area contributed by atoms with E-state index in [0.717, 1.165) is 27.1 Å². The molecule has 7 heteroatoms. The summed E-state index contributed by atoms with van der Waals surface area (Å²) in [6, 6.07) is 7.74. The number of carbonyl (C=O) groups is 1. The van der Waals surface area contributed by atoms with Gasteiger partial charge < -0.3 is 15.8 Å². The highest BCUT2D eigenvalue weighted by Gasteiger charge is 2.15. The standard InChI is InChI=1S/C17H18N4O2S/c1-10(7-14(18)22)21-16-15-13(8-24-17(15)20-9-19-16)11-3-5-12(23-2)6-4-11/h3-6,8-10H,7H2,1-2H3,(H2,18,22)(H,19,20,21)/t10-/m0/s1. The Morgan fingerprint density at radius 1 is 1.33 bits per heavy atom. The number of rotatable bonds is 6. The van der Waals surface area contributed by atoms with Crippen LogP contribution in [0, 0.1) is 0 Å². The molecular weight excluding hydrogens is 324 g/mol. The van der Waals surface area contributed by atoms with E-state index in [1.54, 1.807) is 18.4 Å². The van der Waals surface area contributed by atoms with Crippen LogP contribution in [0.3, 0.4) is 0 Å². The minimum Gasteiger partial charge on any atom is -0.497 e. The summed E-state index contributed by atoms with van der Waals surface area (Å²) in [5.74, 6) is 1.17. The number of nitrogens with zero attached hydrogens (tertiary/aromatic N) is 2. The molecular formula is C17H18N4O2S. The first kappa shape index (κ1) is 16.2. The summed E-state index contributed by atoms with van der Waals surface area (Å²) in [4.78, 5) is 20.7. The van der Waals surface area contributed by atoms with Crippen LogP contribution in [0.5, 0.6) is 5.75 Å². The predicted octanol–water partition coefficient (Wildman–Crippen LogP) is 3.04. The molecule has 2 aromatic heterocycles. The van der Waals surface area contributed by atoms with Crippen LogP contribution in [0.1, 0.15) is 13.3 Å². The minimum atomic E-state index is -0.346. The number of nitrogens with one attached hydrogen (secondary N) is 1. The van der Waals surface area contributed by atoms with Gasteiger partial charge in [0.1, 0.15) is 22.7 Å². The van der Waals surface area contributed by atoms with Gasteiger partial charge in [0.25, 0.3) is 0 Å². The maximum Gasteiger partial charge on any atom is 0.219 e. The van der Waals surface area contributed by atoms with E-state index in [2.05, 4.69) is 20.7 Å². The van der Waals surface area contributed by atoms with Gasteiger partial charge in [-0.05, 0) is 24.6 Å². The molecule has 1 aromatic carbocycles. The molecule has 3 aromatic rings. The van der Waals surface area contributed by atoms with E-state index in [-0.39, 0.29) is 18.4 Å². The largest absolute Gasteiger partial charge is 0.497 e. The summed E-state index contributed by atoms with van der Waals surface area (Å²) in [5.41, 5.74) is 7.37. The summed E-state index contributed by atoms with van der Waals surface area (Å²) >= 11 is 1.56. The summed E-state index contributed by atoms with van der Waals surface area (Å²) in [6.45, 7) is 1.90. The molecule has 3 N–H and O–H groups in total. The average Bonchev–Trinajstić information content (AvgIpc) is 2.99. The Morgan fingerprint density at radius 2 is 2.08 bits per heavy atom. The van der Waals surface area contributed by atoms with E-state index in [9.17, 15) is 4.79 Å². The van der Waals surface area contributed by atoms with Crippen molar-refractivity contribution in [1.82, 2.24) is 9.97 Å². The van der Waals surface area contributed by atoms with E-state index in [1.807, 2.05) is 31.2 Å². The Hall–Kier alpha value is -2.67. The normalized spacial score (nSPS) is 12.1. The Bertz CT molecular complexity index is 861. The molecule has 0 fully saturated rings. The predicted molar refractivity (Wildman–Crippen MR) is 96.3 cm³/mol. The Labute approximate surface area is 143 Å². The van der Waals surface area contributed by atoms with Gasteiger partial charge in [0.15, 0.2) is 0 Å². The highest BCUT2D eigenvalue weighted by atomic mass is 32.1. The number of benzene rings is 1. The van der Waals surface area contributed by atoms with Crippen molar-refractivity contribution in [1.29, 1.82) is 0 Å². The van der Waals surface area contributed by atoms with E-state index < -0.39 is 0 Å². The molecule has 0 spiro atoms. The Morgan fingerprint density at radius 3 is 2.75 bits per heavy atom. The number of methoxy groups -OCH3 is 1. The first-order valence-electron chi connectivity index (χ1n) is 7.50. The zero-order valence-corrected chi connectivity index (χ0v) is 14.3. The van der Waals surface area contributed by atoms with Gasteiger partial charge in [0.2, 0.25) is 5.91 Å². The smallest absolute Gasteiger partial charge is 0.219 e. The highest BCUT2D eigenvalue weighted by Crippen LogP contribution is 2.37. The van der Waals surface area contributed by atoms with E-state index in [4.69, 9.17) is 10.5 Å². The maximum atomic E-state index is 11.1. The van der Waals surface area contributed by atoms with Crippen molar-refractivity contribution >= 4 is 33.3 Å². The van der Waals surface area contributed by atoms with Crippen LogP contribution in [-0.4, -0.2) is 29.0 Å². The highest BCUT2D eigenvalue weighted by molar-refractivity contribution is 7.17. The summed E-state index contributed by atoms with van der Waals surface area (Å²) in [6.07, 6.45) is 1.77. The maximum absolute atomic E-state index is 11.1. The van der Waals surface area contributed by atoms with Crippen LogP contribution in [0.15, 0.2) is 36.0 Å². The van der Waals surface area contributed by atoms with E-state index in [1.165, 1.54) is 6.33 Å². The number of primary amides is 1. The summed E-state index contributed by atoms with van der Waals surface area (Å²) < 4.78 is 5.21. The first-order chi connectivity index (χ1) is 11.6. The number of hydrogen-bond acceptors (Lipinski definition) is 6. The molecule has 0 aliphatic carbocycles. The third-order valence-electron chi connectivity index (χ3n) is 3.66. The van der Waals surface area contributed by atoms with Gasteiger partial charge >= 0.3 is 0 Å². The second kappa shape index (κ2) is 6.84. The number of carbonyl (C=O) groups excluding carboxylic acids is 1. The molecule has 124 valence electrons. The summed E-state index contributed by atoms with van der Waals surface area (Å²) in [7, 11) is 1.64. The Kier molecular flexibility index (Phi) is 4.61. The van der Waals surface area contributed by atoms with Crippen LogP contribution in [0.25, 0.3) is 21.3 Å². The number of aromatic nitrogens is 2. The molecule has 1 atom stereocenters. The number of amides is 1. The van der Waals surface area contributed by atoms with Crippen molar-refractivity contribution in [3.63, 3.8) is 0 Å². The van der Waals surface area contributed by atoms with Gasteiger partial charge in [0, 0.05) is 23.4 Å². The molecule has 0 aliphatic heterocycles. The van der Waals surface area contributed by atoms with Crippen LogP contribution >= 0.6 is 11.3 Å². The van der Waals surface area contributed by atoms with Crippen LogP contribution in [0.2, 0.25) is 0 Å². The molecule has 0 saturated carbocycles. The van der Waals surface area contributed by atoms with Gasteiger partial charge in [-0.2, -0.15) is 0 Å². The number of fused-ring (bicyclic) bond motifs is 1. The van der Waals surface area contributed by atoms with Crippen molar-refractivity contribution in [2.75, 3.05) is 12.4 Å².